The van der Waals surface area contributed by atoms with Gasteiger partial charge in [0.25, 0.3) is 5.91 Å². The molecule has 0 bridgehead atoms. The number of aromatic amines is 1. The molecule has 6 heteroatoms. The minimum absolute atomic E-state index is 0.139. The lowest BCUT2D eigenvalue weighted by Crippen LogP contribution is -2.44. The molecule has 1 fully saturated rings. The number of aryl methyl sites for hydroxylation is 1. The van der Waals surface area contributed by atoms with Gasteiger partial charge in [-0.1, -0.05) is 0 Å². The van der Waals surface area contributed by atoms with E-state index < -0.39 is 0 Å². The van der Waals surface area contributed by atoms with Crippen LogP contribution < -0.4 is 5.73 Å². The molecule has 92 valence electrons. The van der Waals surface area contributed by atoms with Crippen molar-refractivity contribution in [3.63, 3.8) is 0 Å². The van der Waals surface area contributed by atoms with Crippen molar-refractivity contribution in [2.45, 2.75) is 19.8 Å². The van der Waals surface area contributed by atoms with Crippen LogP contribution in [0.4, 0.5) is 0 Å². The Balaban J connectivity index is 2.07. The molecule has 2 amide bonds. The van der Waals surface area contributed by atoms with Gasteiger partial charge in [0.15, 0.2) is 0 Å². The monoisotopic (exact) mass is 236 g/mol. The van der Waals surface area contributed by atoms with Crippen LogP contribution in [-0.4, -0.2) is 40.0 Å². The second-order valence-electron chi connectivity index (χ2n) is 4.43. The molecule has 0 saturated carbocycles. The Hall–Kier alpha value is -1.85. The van der Waals surface area contributed by atoms with Gasteiger partial charge in [0.05, 0.1) is 5.92 Å². The molecule has 2 rings (SSSR count). The van der Waals surface area contributed by atoms with E-state index in [1.807, 2.05) is 6.92 Å². The predicted molar refractivity (Wildman–Crippen MR) is 61.1 cm³/mol. The first kappa shape index (κ1) is 11.6. The highest BCUT2D eigenvalue weighted by molar-refractivity contribution is 5.92. The molecule has 1 aliphatic heterocycles. The Morgan fingerprint density at radius 3 is 2.94 bits per heavy atom. The maximum Gasteiger partial charge on any atom is 0.274 e. The number of aromatic nitrogens is 2. The number of H-pyrrole nitrogens is 1. The van der Waals surface area contributed by atoms with Gasteiger partial charge in [-0.2, -0.15) is 5.10 Å². The van der Waals surface area contributed by atoms with E-state index >= 15 is 0 Å². The van der Waals surface area contributed by atoms with Crippen molar-refractivity contribution < 1.29 is 9.59 Å². The van der Waals surface area contributed by atoms with E-state index in [-0.39, 0.29) is 17.7 Å². The van der Waals surface area contributed by atoms with Crippen LogP contribution in [0.1, 0.15) is 29.0 Å². The number of amides is 2. The van der Waals surface area contributed by atoms with Gasteiger partial charge in [-0.3, -0.25) is 14.7 Å². The standard InChI is InChI=1S/C11H16N4O2/c1-7-5-9(14-13-7)11(17)15-4-2-3-8(6-15)10(12)16/h5,8H,2-4,6H2,1H3,(H2,12,16)(H,13,14). The zero-order valence-corrected chi connectivity index (χ0v) is 9.77. The van der Waals surface area contributed by atoms with Crippen molar-refractivity contribution >= 4 is 11.8 Å². The third-order valence-electron chi connectivity index (χ3n) is 3.04. The number of hydrogen-bond donors (Lipinski definition) is 2. The van der Waals surface area contributed by atoms with E-state index in [0.717, 1.165) is 18.5 Å². The molecule has 1 saturated heterocycles. The summed E-state index contributed by atoms with van der Waals surface area (Å²) in [6, 6.07) is 1.70. The number of rotatable bonds is 2. The van der Waals surface area contributed by atoms with Crippen LogP contribution in [-0.2, 0) is 4.79 Å². The lowest BCUT2D eigenvalue weighted by atomic mass is 9.97. The summed E-state index contributed by atoms with van der Waals surface area (Å²) in [7, 11) is 0. The second kappa shape index (κ2) is 4.57. The number of nitrogens with two attached hydrogens (primary N) is 1. The van der Waals surface area contributed by atoms with Crippen LogP contribution >= 0.6 is 0 Å². The Labute approximate surface area is 99.2 Å². The number of primary amides is 1. The maximum absolute atomic E-state index is 12.1. The van der Waals surface area contributed by atoms with Crippen LogP contribution in [0.5, 0.6) is 0 Å². The highest BCUT2D eigenvalue weighted by Gasteiger charge is 2.28. The second-order valence-corrected chi connectivity index (χ2v) is 4.43. The molecule has 1 aromatic rings. The third-order valence-corrected chi connectivity index (χ3v) is 3.04. The van der Waals surface area contributed by atoms with Gasteiger partial charge in [-0.05, 0) is 25.8 Å². The van der Waals surface area contributed by atoms with E-state index in [1.165, 1.54) is 0 Å². The van der Waals surface area contributed by atoms with E-state index in [4.69, 9.17) is 5.73 Å². The normalized spacial score (nSPS) is 20.3. The molecule has 2 heterocycles. The molecule has 0 radical (unpaired) electrons. The SMILES string of the molecule is Cc1cc(C(=O)N2CCCC(C(N)=O)C2)n[nH]1. The molecule has 1 aliphatic rings. The molecular weight excluding hydrogens is 220 g/mol. The van der Waals surface area contributed by atoms with E-state index in [0.29, 0.717) is 18.8 Å². The average Bonchev–Trinajstić information content (AvgIpc) is 2.75. The molecule has 6 nitrogen and oxygen atoms in total. The minimum Gasteiger partial charge on any atom is -0.369 e. The lowest BCUT2D eigenvalue weighted by Gasteiger charge is -2.30. The zero-order chi connectivity index (χ0) is 12.4. The fourth-order valence-corrected chi connectivity index (χ4v) is 2.08. The highest BCUT2D eigenvalue weighted by Crippen LogP contribution is 2.17. The quantitative estimate of drug-likeness (QED) is 0.760. The molecule has 0 spiro atoms. The Morgan fingerprint density at radius 1 is 1.59 bits per heavy atom. The molecule has 1 aromatic heterocycles. The van der Waals surface area contributed by atoms with Crippen molar-refractivity contribution in [2.75, 3.05) is 13.1 Å². The molecule has 0 aliphatic carbocycles. The first-order valence-corrected chi connectivity index (χ1v) is 5.68. The number of piperidine rings is 1. The summed E-state index contributed by atoms with van der Waals surface area (Å²) in [4.78, 5) is 24.8. The average molecular weight is 236 g/mol. The summed E-state index contributed by atoms with van der Waals surface area (Å²) in [5.41, 5.74) is 6.51. The molecular formula is C11H16N4O2. The first-order valence-electron chi connectivity index (χ1n) is 5.68. The van der Waals surface area contributed by atoms with Crippen molar-refractivity contribution in [3.05, 3.63) is 17.5 Å². The van der Waals surface area contributed by atoms with E-state index in [9.17, 15) is 9.59 Å². The summed E-state index contributed by atoms with van der Waals surface area (Å²) in [5.74, 6) is -0.700. The number of nitrogens with zero attached hydrogens (tertiary/aromatic N) is 2. The summed E-state index contributed by atoms with van der Waals surface area (Å²) in [6.07, 6.45) is 1.57. The molecule has 0 aromatic carbocycles. The van der Waals surface area contributed by atoms with Crippen molar-refractivity contribution in [1.29, 1.82) is 0 Å². The predicted octanol–water partition coefficient (Wildman–Crippen LogP) is 0.0556. The summed E-state index contributed by atoms with van der Waals surface area (Å²) < 4.78 is 0. The number of hydrogen-bond acceptors (Lipinski definition) is 3. The van der Waals surface area contributed by atoms with Gasteiger partial charge in [0, 0.05) is 18.8 Å². The van der Waals surface area contributed by atoms with Crippen LogP contribution in [0.25, 0.3) is 0 Å². The molecule has 3 N–H and O–H groups in total. The van der Waals surface area contributed by atoms with Crippen LogP contribution in [0, 0.1) is 12.8 Å². The van der Waals surface area contributed by atoms with Crippen LogP contribution in [0.3, 0.4) is 0 Å². The zero-order valence-electron chi connectivity index (χ0n) is 9.77. The van der Waals surface area contributed by atoms with Crippen LogP contribution in [0.15, 0.2) is 6.07 Å². The summed E-state index contributed by atoms with van der Waals surface area (Å²) in [6.45, 7) is 2.90. The number of nitrogens with one attached hydrogen (secondary N) is 1. The summed E-state index contributed by atoms with van der Waals surface area (Å²) in [5, 5.41) is 6.66. The van der Waals surface area contributed by atoms with Gasteiger partial charge in [0.2, 0.25) is 5.91 Å². The number of carbonyl (C=O) groups is 2. The van der Waals surface area contributed by atoms with E-state index in [2.05, 4.69) is 10.2 Å². The summed E-state index contributed by atoms with van der Waals surface area (Å²) >= 11 is 0. The smallest absolute Gasteiger partial charge is 0.274 e. The number of carbonyl (C=O) groups excluding carboxylic acids is 2. The van der Waals surface area contributed by atoms with Gasteiger partial charge in [0.1, 0.15) is 5.69 Å². The van der Waals surface area contributed by atoms with E-state index in [1.54, 1.807) is 11.0 Å². The third kappa shape index (κ3) is 2.46. The van der Waals surface area contributed by atoms with Gasteiger partial charge >= 0.3 is 0 Å². The largest absolute Gasteiger partial charge is 0.369 e. The Bertz CT molecular complexity index is 440. The van der Waals surface area contributed by atoms with Crippen LogP contribution in [0.2, 0.25) is 0 Å². The van der Waals surface area contributed by atoms with Crippen molar-refractivity contribution in [1.82, 2.24) is 15.1 Å². The topological polar surface area (TPSA) is 92.1 Å². The van der Waals surface area contributed by atoms with Gasteiger partial charge in [-0.15, -0.1) is 0 Å². The fraction of sp³-hybridized carbons (Fsp3) is 0.545. The molecule has 1 atom stereocenters. The minimum atomic E-state index is -0.333. The lowest BCUT2D eigenvalue weighted by molar-refractivity contribution is -0.123. The van der Waals surface area contributed by atoms with Gasteiger partial charge < -0.3 is 10.6 Å². The number of likely N-dealkylation sites (tertiary alicyclic amines) is 1. The first-order chi connectivity index (χ1) is 8.08. The van der Waals surface area contributed by atoms with Gasteiger partial charge in [-0.25, -0.2) is 0 Å². The Morgan fingerprint density at radius 2 is 2.35 bits per heavy atom. The molecule has 1 unspecified atom stereocenters. The highest BCUT2D eigenvalue weighted by atomic mass is 16.2. The fourth-order valence-electron chi connectivity index (χ4n) is 2.08. The van der Waals surface area contributed by atoms with Crippen molar-refractivity contribution in [2.24, 2.45) is 11.7 Å². The maximum atomic E-state index is 12.1. The Kier molecular flexibility index (Phi) is 3.12. The molecule has 17 heavy (non-hydrogen) atoms. The van der Waals surface area contributed by atoms with Crippen molar-refractivity contribution in [3.8, 4) is 0 Å².